The van der Waals surface area contributed by atoms with Crippen molar-refractivity contribution in [3.05, 3.63) is 131 Å². The summed E-state index contributed by atoms with van der Waals surface area (Å²) in [6.07, 6.45) is 2.12. The minimum absolute atomic E-state index is 0.0454. The van der Waals surface area contributed by atoms with Gasteiger partial charge in [0.2, 0.25) is 5.91 Å². The molecule has 8 nitrogen and oxygen atoms in total. The smallest absolute Gasteiger partial charge is 0.338 e. The van der Waals surface area contributed by atoms with Gasteiger partial charge in [0.15, 0.2) is 0 Å². The Labute approximate surface area is 271 Å². The average molecular weight is 642 g/mol. The van der Waals surface area contributed by atoms with Gasteiger partial charge in [-0.1, -0.05) is 54.9 Å². The molecule has 3 amide bonds. The average Bonchev–Trinajstić information content (AvgIpc) is 3.05. The number of halogens is 1. The van der Waals surface area contributed by atoms with Gasteiger partial charge >= 0.3 is 5.97 Å². The summed E-state index contributed by atoms with van der Waals surface area (Å²) in [5, 5.41) is 8.59. The van der Waals surface area contributed by atoms with E-state index in [2.05, 4.69) is 16.0 Å². The van der Waals surface area contributed by atoms with Crippen molar-refractivity contribution >= 4 is 64.5 Å². The highest BCUT2D eigenvalue weighted by Gasteiger charge is 2.20. The van der Waals surface area contributed by atoms with Gasteiger partial charge in [0.1, 0.15) is 5.70 Å². The molecule has 0 fully saturated rings. The van der Waals surface area contributed by atoms with Gasteiger partial charge < -0.3 is 20.7 Å². The SMILES string of the molecule is CCOC(=O)c1ccc(NC(=O)C(CC)Sc2cccc(NC(=O)/C(=C/c3ccc(Cl)cc3)NC(=O)c3ccccc3)c2)cc1. The molecular weight excluding hydrogens is 610 g/mol. The van der Waals surface area contributed by atoms with E-state index in [0.717, 1.165) is 4.90 Å². The Morgan fingerprint density at radius 1 is 0.800 bits per heavy atom. The van der Waals surface area contributed by atoms with Gasteiger partial charge in [-0.15, -0.1) is 11.8 Å². The third-order valence-corrected chi connectivity index (χ3v) is 8.02. The highest BCUT2D eigenvalue weighted by Crippen LogP contribution is 2.29. The monoisotopic (exact) mass is 641 g/mol. The van der Waals surface area contributed by atoms with E-state index in [9.17, 15) is 19.2 Å². The number of carbonyl (C=O) groups is 4. The first-order chi connectivity index (χ1) is 21.7. The molecule has 230 valence electrons. The van der Waals surface area contributed by atoms with E-state index in [4.69, 9.17) is 16.3 Å². The molecule has 10 heteroatoms. The van der Waals surface area contributed by atoms with E-state index in [1.807, 2.05) is 13.0 Å². The number of amides is 3. The van der Waals surface area contributed by atoms with E-state index >= 15 is 0 Å². The van der Waals surface area contributed by atoms with Gasteiger partial charge in [-0.25, -0.2) is 4.79 Å². The zero-order chi connectivity index (χ0) is 32.2. The molecule has 0 radical (unpaired) electrons. The molecule has 0 aliphatic carbocycles. The summed E-state index contributed by atoms with van der Waals surface area (Å²) in [4.78, 5) is 52.1. The number of esters is 1. The van der Waals surface area contributed by atoms with Crippen molar-refractivity contribution in [3.8, 4) is 0 Å². The molecule has 0 aromatic heterocycles. The predicted molar refractivity (Wildman–Crippen MR) is 179 cm³/mol. The summed E-state index contributed by atoms with van der Waals surface area (Å²) in [7, 11) is 0. The predicted octanol–water partition coefficient (Wildman–Crippen LogP) is 7.44. The van der Waals surface area contributed by atoms with Crippen molar-refractivity contribution in [1.29, 1.82) is 0 Å². The first-order valence-corrected chi connectivity index (χ1v) is 15.5. The first kappa shape index (κ1) is 33.0. The molecule has 4 rings (SSSR count). The number of benzene rings is 4. The van der Waals surface area contributed by atoms with Gasteiger partial charge in [-0.3, -0.25) is 14.4 Å². The number of carbonyl (C=O) groups excluding carboxylic acids is 4. The zero-order valence-corrected chi connectivity index (χ0v) is 26.3. The number of anilines is 2. The largest absolute Gasteiger partial charge is 0.462 e. The summed E-state index contributed by atoms with van der Waals surface area (Å²) in [5.74, 6) is -1.57. The molecule has 0 bridgehead atoms. The van der Waals surface area contributed by atoms with Crippen LogP contribution in [0.1, 0.15) is 46.5 Å². The van der Waals surface area contributed by atoms with Gasteiger partial charge in [0, 0.05) is 26.9 Å². The number of nitrogens with one attached hydrogen (secondary N) is 3. The summed E-state index contributed by atoms with van der Waals surface area (Å²) in [5.41, 5.74) is 2.58. The lowest BCUT2D eigenvalue weighted by Gasteiger charge is -2.16. The lowest BCUT2D eigenvalue weighted by molar-refractivity contribution is -0.116. The van der Waals surface area contributed by atoms with Crippen LogP contribution in [-0.2, 0) is 14.3 Å². The zero-order valence-electron chi connectivity index (χ0n) is 24.7. The fourth-order valence-electron chi connectivity index (χ4n) is 4.13. The Balaban J connectivity index is 1.45. The second-order valence-electron chi connectivity index (χ2n) is 9.71. The fraction of sp³-hybridized carbons (Fsp3) is 0.143. The standard InChI is InChI=1S/C35H32ClN3O5S/c1-3-31(34(42)37-27-19-15-25(16-20-27)35(43)44-4-2)45-29-12-8-11-28(22-29)38-33(41)30(21-23-13-17-26(36)18-14-23)39-32(40)24-9-6-5-7-10-24/h5-22,31H,3-4H2,1-2H3,(H,37,42)(H,38,41)(H,39,40)/b30-21-. The lowest BCUT2D eigenvalue weighted by atomic mass is 10.1. The fourth-order valence-corrected chi connectivity index (χ4v) is 5.27. The van der Waals surface area contributed by atoms with Gasteiger partial charge in [-0.2, -0.15) is 0 Å². The van der Waals surface area contributed by atoms with Crippen LogP contribution in [0.4, 0.5) is 11.4 Å². The molecule has 0 aliphatic rings. The summed E-state index contributed by atoms with van der Waals surface area (Å²) in [6, 6.07) is 29.1. The molecule has 1 unspecified atom stereocenters. The highest BCUT2D eigenvalue weighted by molar-refractivity contribution is 8.00. The van der Waals surface area contributed by atoms with Crippen molar-refractivity contribution in [3.63, 3.8) is 0 Å². The van der Waals surface area contributed by atoms with Crippen LogP contribution in [0.3, 0.4) is 0 Å². The normalized spacial score (nSPS) is 11.7. The van der Waals surface area contributed by atoms with Crippen molar-refractivity contribution in [2.45, 2.75) is 30.4 Å². The molecule has 1 atom stereocenters. The van der Waals surface area contributed by atoms with E-state index in [1.54, 1.807) is 110 Å². The van der Waals surface area contributed by atoms with Crippen molar-refractivity contribution in [2.75, 3.05) is 17.2 Å². The summed E-state index contributed by atoms with van der Waals surface area (Å²) in [6.45, 7) is 3.93. The molecule has 3 N–H and O–H groups in total. The highest BCUT2D eigenvalue weighted by atomic mass is 35.5. The van der Waals surface area contributed by atoms with Crippen LogP contribution in [0.15, 0.2) is 114 Å². The maximum Gasteiger partial charge on any atom is 0.338 e. The van der Waals surface area contributed by atoms with Crippen LogP contribution in [0, 0.1) is 0 Å². The van der Waals surface area contributed by atoms with Crippen LogP contribution in [0.25, 0.3) is 6.08 Å². The van der Waals surface area contributed by atoms with Gasteiger partial charge in [-0.05, 0) is 91.7 Å². The molecule has 0 aliphatic heterocycles. The van der Waals surface area contributed by atoms with Crippen LogP contribution in [0.5, 0.6) is 0 Å². The van der Waals surface area contributed by atoms with Crippen molar-refractivity contribution in [2.24, 2.45) is 0 Å². The third kappa shape index (κ3) is 9.82. The van der Waals surface area contributed by atoms with Crippen LogP contribution < -0.4 is 16.0 Å². The molecule has 45 heavy (non-hydrogen) atoms. The molecule has 0 saturated carbocycles. The van der Waals surface area contributed by atoms with Gasteiger partial charge in [0.05, 0.1) is 17.4 Å². The van der Waals surface area contributed by atoms with Crippen LogP contribution in [-0.4, -0.2) is 35.5 Å². The van der Waals surface area contributed by atoms with Crippen molar-refractivity contribution < 1.29 is 23.9 Å². The van der Waals surface area contributed by atoms with Crippen molar-refractivity contribution in [1.82, 2.24) is 5.32 Å². The second kappa shape index (κ2) is 16.3. The quantitative estimate of drug-likeness (QED) is 0.0842. The Morgan fingerprint density at radius 3 is 2.18 bits per heavy atom. The third-order valence-electron chi connectivity index (χ3n) is 6.41. The molecule has 4 aromatic carbocycles. The minimum Gasteiger partial charge on any atom is -0.462 e. The first-order valence-electron chi connectivity index (χ1n) is 14.3. The Morgan fingerprint density at radius 2 is 1.51 bits per heavy atom. The minimum atomic E-state index is -0.521. The maximum absolute atomic E-state index is 13.4. The van der Waals surface area contributed by atoms with Gasteiger partial charge in [0.25, 0.3) is 11.8 Å². The molecule has 0 heterocycles. The molecule has 0 spiro atoms. The molecule has 4 aromatic rings. The Bertz CT molecular complexity index is 1680. The van der Waals surface area contributed by atoms with E-state index in [0.29, 0.717) is 39.5 Å². The Kier molecular flexibility index (Phi) is 12.0. The number of hydrogen-bond acceptors (Lipinski definition) is 6. The van der Waals surface area contributed by atoms with Crippen LogP contribution in [0.2, 0.25) is 5.02 Å². The molecular formula is C35H32ClN3O5S. The Hall–Kier alpha value is -4.86. The van der Waals surface area contributed by atoms with E-state index < -0.39 is 23.0 Å². The lowest BCUT2D eigenvalue weighted by Crippen LogP contribution is -2.30. The van der Waals surface area contributed by atoms with Crippen LogP contribution >= 0.6 is 23.4 Å². The second-order valence-corrected chi connectivity index (χ2v) is 11.4. The van der Waals surface area contributed by atoms with E-state index in [-0.39, 0.29) is 18.2 Å². The molecule has 0 saturated heterocycles. The number of hydrogen-bond donors (Lipinski definition) is 3. The summed E-state index contributed by atoms with van der Waals surface area (Å²) < 4.78 is 5.00. The summed E-state index contributed by atoms with van der Waals surface area (Å²) >= 11 is 7.38. The number of ether oxygens (including phenoxy) is 1. The maximum atomic E-state index is 13.4. The topological polar surface area (TPSA) is 114 Å². The van der Waals surface area contributed by atoms with E-state index in [1.165, 1.54) is 11.8 Å². The number of thioether (sulfide) groups is 1. The number of rotatable bonds is 12.